The summed E-state index contributed by atoms with van der Waals surface area (Å²) in [5, 5.41) is 3.35. The van der Waals surface area contributed by atoms with Gasteiger partial charge in [0.2, 0.25) is 0 Å². The molecule has 7 nitrogen and oxygen atoms in total. The standard InChI is InChI=1S/C28H31NO6/c1-6-35-20-10-7-17(8-11-20)26-25(28(31)34-5)16(2)29-21-13-19(14-22(30)27(21)26)18-9-12-23(32-3)24(15-18)33-4/h7-12,15,19,26,29H,6,13-14H2,1-5H3/t19-,26+/m0/s1. The Balaban J connectivity index is 1.75. The number of carbonyl (C=O) groups excluding carboxylic acids is 2. The van der Waals surface area contributed by atoms with Crippen LogP contribution in [0.15, 0.2) is 65.0 Å². The van der Waals surface area contributed by atoms with Crippen LogP contribution in [0, 0.1) is 0 Å². The van der Waals surface area contributed by atoms with Crippen molar-refractivity contribution >= 4 is 11.8 Å². The van der Waals surface area contributed by atoms with Crippen LogP contribution in [-0.4, -0.2) is 39.7 Å². The quantitative estimate of drug-likeness (QED) is 0.582. The average Bonchev–Trinajstić information content (AvgIpc) is 2.87. The summed E-state index contributed by atoms with van der Waals surface area (Å²) < 4.78 is 21.5. The van der Waals surface area contributed by atoms with Crippen molar-refractivity contribution in [3.63, 3.8) is 0 Å². The molecule has 0 saturated carbocycles. The number of nitrogens with one attached hydrogen (secondary N) is 1. The molecule has 1 aliphatic carbocycles. The molecule has 0 unspecified atom stereocenters. The Morgan fingerprint density at radius 1 is 0.971 bits per heavy atom. The van der Waals surface area contributed by atoms with E-state index in [2.05, 4.69) is 5.32 Å². The Morgan fingerprint density at radius 3 is 2.29 bits per heavy atom. The highest BCUT2D eigenvalue weighted by atomic mass is 16.5. The summed E-state index contributed by atoms with van der Waals surface area (Å²) in [5.41, 5.74) is 4.45. The summed E-state index contributed by atoms with van der Waals surface area (Å²) in [6.45, 7) is 4.33. The predicted molar refractivity (Wildman–Crippen MR) is 132 cm³/mol. The van der Waals surface area contributed by atoms with Gasteiger partial charge in [0.1, 0.15) is 5.75 Å². The third kappa shape index (κ3) is 4.63. The molecule has 4 rings (SSSR count). The van der Waals surface area contributed by atoms with Crippen molar-refractivity contribution in [3.05, 3.63) is 76.1 Å². The van der Waals surface area contributed by atoms with E-state index in [1.54, 1.807) is 14.2 Å². The number of dihydropyridines is 1. The molecule has 0 amide bonds. The highest BCUT2D eigenvalue weighted by molar-refractivity contribution is 6.04. The van der Waals surface area contributed by atoms with E-state index in [1.807, 2.05) is 56.3 Å². The number of ether oxygens (including phenoxy) is 4. The number of benzene rings is 2. The zero-order valence-electron chi connectivity index (χ0n) is 20.8. The minimum Gasteiger partial charge on any atom is -0.494 e. The number of esters is 1. The highest BCUT2D eigenvalue weighted by Gasteiger charge is 2.41. The maximum atomic E-state index is 13.7. The summed E-state index contributed by atoms with van der Waals surface area (Å²) in [5.74, 6) is 1.04. The SMILES string of the molecule is CCOc1ccc([C@@H]2C(C(=O)OC)=C(C)NC3=C2C(=O)C[C@@H](c2ccc(OC)c(OC)c2)C3)cc1. The fourth-order valence-electron chi connectivity index (χ4n) is 5.02. The zero-order valence-corrected chi connectivity index (χ0v) is 20.8. The number of carbonyl (C=O) groups is 2. The van der Waals surface area contributed by atoms with Crippen molar-refractivity contribution in [1.82, 2.24) is 5.32 Å². The Kier molecular flexibility index (Phi) is 7.15. The van der Waals surface area contributed by atoms with Gasteiger partial charge in [-0.2, -0.15) is 0 Å². The molecule has 35 heavy (non-hydrogen) atoms. The molecular weight excluding hydrogens is 446 g/mol. The third-order valence-corrected chi connectivity index (χ3v) is 6.64. The van der Waals surface area contributed by atoms with Gasteiger partial charge in [-0.05, 0) is 61.6 Å². The van der Waals surface area contributed by atoms with Gasteiger partial charge in [0, 0.05) is 29.3 Å². The van der Waals surface area contributed by atoms with E-state index in [4.69, 9.17) is 18.9 Å². The van der Waals surface area contributed by atoms with Gasteiger partial charge < -0.3 is 24.3 Å². The fourth-order valence-corrected chi connectivity index (χ4v) is 5.02. The molecule has 2 aromatic carbocycles. The first-order chi connectivity index (χ1) is 16.9. The van der Waals surface area contributed by atoms with Gasteiger partial charge in [0.15, 0.2) is 17.3 Å². The van der Waals surface area contributed by atoms with Gasteiger partial charge in [0.05, 0.1) is 33.5 Å². The molecular formula is C28H31NO6. The fraction of sp³-hybridized carbons (Fsp3) is 0.357. The third-order valence-electron chi connectivity index (χ3n) is 6.64. The summed E-state index contributed by atoms with van der Waals surface area (Å²) in [6, 6.07) is 13.3. The van der Waals surface area contributed by atoms with Crippen molar-refractivity contribution in [3.8, 4) is 17.2 Å². The minimum atomic E-state index is -0.506. The molecule has 0 radical (unpaired) electrons. The Hall–Kier alpha value is -3.74. The molecule has 1 heterocycles. The van der Waals surface area contributed by atoms with E-state index < -0.39 is 11.9 Å². The smallest absolute Gasteiger partial charge is 0.336 e. The molecule has 0 spiro atoms. The molecule has 0 saturated heterocycles. The van der Waals surface area contributed by atoms with Gasteiger partial charge in [-0.1, -0.05) is 18.2 Å². The predicted octanol–water partition coefficient (Wildman–Crippen LogP) is 4.64. The number of allylic oxidation sites excluding steroid dienone is 3. The lowest BCUT2D eigenvalue weighted by atomic mass is 9.71. The number of hydrogen-bond donors (Lipinski definition) is 1. The number of ketones is 1. The minimum absolute atomic E-state index is 0.00585. The summed E-state index contributed by atoms with van der Waals surface area (Å²) in [4.78, 5) is 26.5. The molecule has 1 aliphatic heterocycles. The summed E-state index contributed by atoms with van der Waals surface area (Å²) >= 11 is 0. The Morgan fingerprint density at radius 2 is 1.66 bits per heavy atom. The van der Waals surface area contributed by atoms with Crippen LogP contribution < -0.4 is 19.5 Å². The van der Waals surface area contributed by atoms with Crippen molar-refractivity contribution in [2.24, 2.45) is 0 Å². The maximum Gasteiger partial charge on any atom is 0.336 e. The van der Waals surface area contributed by atoms with E-state index in [1.165, 1.54) is 7.11 Å². The summed E-state index contributed by atoms with van der Waals surface area (Å²) in [6.07, 6.45) is 0.965. The molecule has 2 atom stereocenters. The molecule has 1 N–H and O–H groups in total. The van der Waals surface area contributed by atoms with Crippen molar-refractivity contribution in [2.75, 3.05) is 27.9 Å². The number of Topliss-reactive ketones (excluding diaryl/α,β-unsaturated/α-hetero) is 1. The van der Waals surface area contributed by atoms with Crippen LogP contribution in [0.2, 0.25) is 0 Å². The molecule has 0 aromatic heterocycles. The highest BCUT2D eigenvalue weighted by Crippen LogP contribution is 2.46. The topological polar surface area (TPSA) is 83.1 Å². The molecule has 0 bridgehead atoms. The number of hydrogen-bond acceptors (Lipinski definition) is 7. The van der Waals surface area contributed by atoms with Crippen LogP contribution in [-0.2, 0) is 14.3 Å². The second-order valence-corrected chi connectivity index (χ2v) is 8.63. The number of rotatable bonds is 7. The van der Waals surface area contributed by atoms with Gasteiger partial charge in [0.25, 0.3) is 0 Å². The van der Waals surface area contributed by atoms with Crippen LogP contribution >= 0.6 is 0 Å². The van der Waals surface area contributed by atoms with Gasteiger partial charge >= 0.3 is 5.97 Å². The largest absolute Gasteiger partial charge is 0.494 e. The molecule has 0 fully saturated rings. The van der Waals surface area contributed by atoms with E-state index >= 15 is 0 Å². The molecule has 2 aromatic rings. The second-order valence-electron chi connectivity index (χ2n) is 8.63. The first-order valence-electron chi connectivity index (χ1n) is 11.7. The molecule has 2 aliphatic rings. The molecule has 7 heteroatoms. The lowest BCUT2D eigenvalue weighted by Gasteiger charge is -2.36. The first-order valence-corrected chi connectivity index (χ1v) is 11.7. The monoisotopic (exact) mass is 477 g/mol. The van der Waals surface area contributed by atoms with Gasteiger partial charge in [-0.3, -0.25) is 4.79 Å². The number of methoxy groups -OCH3 is 3. The second kappa shape index (κ2) is 10.3. The lowest BCUT2D eigenvalue weighted by Crippen LogP contribution is -2.36. The Bertz CT molecular complexity index is 1190. The van der Waals surface area contributed by atoms with Gasteiger partial charge in [-0.25, -0.2) is 4.79 Å². The van der Waals surface area contributed by atoms with Crippen LogP contribution in [0.25, 0.3) is 0 Å². The van der Waals surface area contributed by atoms with E-state index in [0.717, 1.165) is 22.6 Å². The zero-order chi connectivity index (χ0) is 25.1. The molecule has 184 valence electrons. The van der Waals surface area contributed by atoms with Crippen molar-refractivity contribution < 1.29 is 28.5 Å². The average molecular weight is 478 g/mol. The van der Waals surface area contributed by atoms with E-state index in [0.29, 0.717) is 47.8 Å². The normalized spacial score (nSPS) is 19.6. The van der Waals surface area contributed by atoms with Gasteiger partial charge in [-0.15, -0.1) is 0 Å². The lowest BCUT2D eigenvalue weighted by molar-refractivity contribution is -0.136. The first kappa shape index (κ1) is 24.4. The van der Waals surface area contributed by atoms with E-state index in [9.17, 15) is 9.59 Å². The van der Waals surface area contributed by atoms with Crippen LogP contribution in [0.3, 0.4) is 0 Å². The van der Waals surface area contributed by atoms with Crippen molar-refractivity contribution in [2.45, 2.75) is 38.5 Å². The maximum absolute atomic E-state index is 13.7. The van der Waals surface area contributed by atoms with E-state index in [-0.39, 0.29) is 11.7 Å². The van der Waals surface area contributed by atoms with Crippen LogP contribution in [0.5, 0.6) is 17.2 Å². The Labute approximate surface area is 205 Å². The summed E-state index contributed by atoms with van der Waals surface area (Å²) in [7, 11) is 4.55. The van der Waals surface area contributed by atoms with Crippen LogP contribution in [0.1, 0.15) is 49.7 Å². The van der Waals surface area contributed by atoms with Crippen LogP contribution in [0.4, 0.5) is 0 Å². The van der Waals surface area contributed by atoms with Crippen molar-refractivity contribution in [1.29, 1.82) is 0 Å².